The number of nitrogens with one attached hydrogen (secondary N) is 1. The third-order valence-corrected chi connectivity index (χ3v) is 4.05. The van der Waals surface area contributed by atoms with Gasteiger partial charge in [0.05, 0.1) is 11.6 Å². The average molecular weight is 256 g/mol. The summed E-state index contributed by atoms with van der Waals surface area (Å²) in [6.45, 7) is -0.115. The molecule has 0 aliphatic carbocycles. The van der Waals surface area contributed by atoms with Crippen molar-refractivity contribution in [2.24, 2.45) is 5.92 Å². The zero-order chi connectivity index (χ0) is 12.5. The lowest BCUT2D eigenvalue weighted by Crippen LogP contribution is -2.53. The van der Waals surface area contributed by atoms with E-state index in [-0.39, 0.29) is 13.1 Å². The number of aliphatic carboxylic acids is 1. The number of hydrogen-bond donors (Lipinski definition) is 2. The van der Waals surface area contributed by atoms with Crippen molar-refractivity contribution in [1.82, 2.24) is 4.72 Å². The van der Waals surface area contributed by atoms with E-state index in [2.05, 4.69) is 4.72 Å². The molecule has 1 aliphatic heterocycles. The molecule has 0 radical (unpaired) electrons. The number of para-hydroxylation sites is 1. The number of rotatable bonds is 2. The standard InChI is InChI=1S/C10H12N2O4S/c13-10(14)8-6-11-17(15,16)12(7-8)9-4-2-1-3-5-9/h1-5,8,11H,6-7H2,(H,13,14). The number of nitrogens with zero attached hydrogens (tertiary/aromatic N) is 1. The molecule has 0 spiro atoms. The fourth-order valence-electron chi connectivity index (χ4n) is 1.65. The summed E-state index contributed by atoms with van der Waals surface area (Å²) in [5, 5.41) is 8.91. The van der Waals surface area contributed by atoms with Crippen LogP contribution in [0.3, 0.4) is 0 Å². The Labute approximate surface area is 99.0 Å². The van der Waals surface area contributed by atoms with Crippen molar-refractivity contribution in [3.63, 3.8) is 0 Å². The van der Waals surface area contributed by atoms with Crippen LogP contribution >= 0.6 is 0 Å². The summed E-state index contributed by atoms with van der Waals surface area (Å²) in [4.78, 5) is 10.9. The highest BCUT2D eigenvalue weighted by molar-refractivity contribution is 7.90. The fraction of sp³-hybridized carbons (Fsp3) is 0.300. The molecule has 2 N–H and O–H groups in total. The topological polar surface area (TPSA) is 86.7 Å². The zero-order valence-electron chi connectivity index (χ0n) is 8.91. The maximum Gasteiger partial charge on any atom is 0.309 e. The normalized spacial score (nSPS) is 23.3. The lowest BCUT2D eigenvalue weighted by atomic mass is 10.1. The minimum Gasteiger partial charge on any atom is -0.481 e. The minimum absolute atomic E-state index is 0.0469. The summed E-state index contributed by atoms with van der Waals surface area (Å²) in [5.74, 6) is -1.74. The van der Waals surface area contributed by atoms with Gasteiger partial charge < -0.3 is 5.11 Å². The number of carbonyl (C=O) groups is 1. The Hall–Kier alpha value is -1.60. The van der Waals surface area contributed by atoms with Crippen molar-refractivity contribution in [2.45, 2.75) is 0 Å². The second-order valence-electron chi connectivity index (χ2n) is 3.76. The Morgan fingerprint density at radius 2 is 2.00 bits per heavy atom. The highest BCUT2D eigenvalue weighted by Gasteiger charge is 2.34. The SMILES string of the molecule is O=C(O)C1CNS(=O)(=O)N(c2ccccc2)C1. The average Bonchev–Trinajstić information content (AvgIpc) is 2.29. The third kappa shape index (κ3) is 2.40. The van der Waals surface area contributed by atoms with E-state index in [4.69, 9.17) is 5.11 Å². The molecule has 17 heavy (non-hydrogen) atoms. The van der Waals surface area contributed by atoms with E-state index in [9.17, 15) is 13.2 Å². The van der Waals surface area contributed by atoms with Gasteiger partial charge in [-0.2, -0.15) is 13.1 Å². The van der Waals surface area contributed by atoms with Crippen molar-refractivity contribution < 1.29 is 18.3 Å². The lowest BCUT2D eigenvalue weighted by Gasteiger charge is -2.32. The van der Waals surface area contributed by atoms with Gasteiger partial charge in [-0.05, 0) is 12.1 Å². The monoisotopic (exact) mass is 256 g/mol. The first-order chi connectivity index (χ1) is 8.00. The van der Waals surface area contributed by atoms with Crippen LogP contribution < -0.4 is 9.03 Å². The van der Waals surface area contributed by atoms with Crippen molar-refractivity contribution in [2.75, 3.05) is 17.4 Å². The highest BCUT2D eigenvalue weighted by Crippen LogP contribution is 2.21. The third-order valence-electron chi connectivity index (χ3n) is 2.58. The molecule has 1 aromatic carbocycles. The smallest absolute Gasteiger partial charge is 0.309 e. The molecule has 1 aliphatic rings. The molecule has 1 saturated heterocycles. The summed E-state index contributed by atoms with van der Waals surface area (Å²) in [6, 6.07) is 8.43. The van der Waals surface area contributed by atoms with E-state index < -0.39 is 22.1 Å². The van der Waals surface area contributed by atoms with E-state index in [1.165, 1.54) is 0 Å². The number of benzene rings is 1. The zero-order valence-corrected chi connectivity index (χ0v) is 9.72. The second kappa shape index (κ2) is 4.34. The summed E-state index contributed by atoms with van der Waals surface area (Å²) < 4.78 is 26.9. The molecular formula is C10H12N2O4S. The van der Waals surface area contributed by atoms with Crippen LogP contribution in [0.25, 0.3) is 0 Å². The van der Waals surface area contributed by atoms with Gasteiger partial charge in [0, 0.05) is 13.1 Å². The minimum atomic E-state index is -3.62. The van der Waals surface area contributed by atoms with Crippen LogP contribution in [0.4, 0.5) is 5.69 Å². The van der Waals surface area contributed by atoms with E-state index in [0.717, 1.165) is 4.31 Å². The van der Waals surface area contributed by atoms with Crippen LogP contribution in [0, 0.1) is 5.92 Å². The van der Waals surface area contributed by atoms with Gasteiger partial charge in [-0.25, -0.2) is 0 Å². The van der Waals surface area contributed by atoms with Crippen LogP contribution in [0.1, 0.15) is 0 Å². The summed E-state index contributed by atoms with van der Waals surface area (Å²) >= 11 is 0. The fourth-order valence-corrected chi connectivity index (χ4v) is 2.99. The van der Waals surface area contributed by atoms with E-state index in [1.54, 1.807) is 30.3 Å². The van der Waals surface area contributed by atoms with E-state index >= 15 is 0 Å². The number of anilines is 1. The van der Waals surface area contributed by atoms with Crippen molar-refractivity contribution >= 4 is 21.9 Å². The van der Waals surface area contributed by atoms with Crippen LogP contribution in [0.15, 0.2) is 30.3 Å². The van der Waals surface area contributed by atoms with Crippen LogP contribution in [0.5, 0.6) is 0 Å². The molecule has 1 fully saturated rings. The van der Waals surface area contributed by atoms with Gasteiger partial charge in [-0.1, -0.05) is 18.2 Å². The van der Waals surface area contributed by atoms with Crippen LogP contribution in [-0.4, -0.2) is 32.6 Å². The molecule has 92 valence electrons. The quantitative estimate of drug-likeness (QED) is 0.782. The molecule has 1 aromatic rings. The Balaban J connectivity index is 2.32. The highest BCUT2D eigenvalue weighted by atomic mass is 32.2. The largest absolute Gasteiger partial charge is 0.481 e. The molecule has 0 aromatic heterocycles. The predicted octanol–water partition coefficient (Wildman–Crippen LogP) is 0.0418. The molecule has 7 heteroatoms. The van der Waals surface area contributed by atoms with Gasteiger partial charge in [-0.15, -0.1) is 0 Å². The first-order valence-corrected chi connectivity index (χ1v) is 6.50. The molecular weight excluding hydrogens is 244 g/mol. The van der Waals surface area contributed by atoms with Crippen LogP contribution in [-0.2, 0) is 15.0 Å². The van der Waals surface area contributed by atoms with E-state index in [1.807, 2.05) is 0 Å². The Morgan fingerprint density at radius 3 is 2.59 bits per heavy atom. The van der Waals surface area contributed by atoms with Crippen LogP contribution in [0.2, 0.25) is 0 Å². The molecule has 0 saturated carbocycles. The van der Waals surface area contributed by atoms with Gasteiger partial charge in [-0.3, -0.25) is 9.10 Å². The maximum atomic E-state index is 11.8. The van der Waals surface area contributed by atoms with Gasteiger partial charge in [0.25, 0.3) is 0 Å². The Morgan fingerprint density at radius 1 is 1.35 bits per heavy atom. The number of hydrogen-bond acceptors (Lipinski definition) is 3. The summed E-state index contributed by atoms with van der Waals surface area (Å²) in [6.07, 6.45) is 0. The number of carboxylic acids is 1. The molecule has 0 amide bonds. The van der Waals surface area contributed by atoms with Crippen molar-refractivity contribution in [3.05, 3.63) is 30.3 Å². The molecule has 1 heterocycles. The Bertz CT molecular complexity index is 514. The molecule has 0 bridgehead atoms. The lowest BCUT2D eigenvalue weighted by molar-refractivity contribution is -0.141. The van der Waals surface area contributed by atoms with Gasteiger partial charge >= 0.3 is 16.2 Å². The summed E-state index contributed by atoms with van der Waals surface area (Å²) in [5.41, 5.74) is 0.464. The molecule has 1 unspecified atom stereocenters. The predicted molar refractivity (Wildman–Crippen MR) is 61.8 cm³/mol. The van der Waals surface area contributed by atoms with Crippen molar-refractivity contribution in [3.8, 4) is 0 Å². The Kier molecular flexibility index (Phi) is 3.03. The van der Waals surface area contributed by atoms with E-state index in [0.29, 0.717) is 5.69 Å². The maximum absolute atomic E-state index is 11.8. The second-order valence-corrected chi connectivity index (χ2v) is 5.43. The number of carboxylic acid groups (broad SMARTS) is 1. The van der Waals surface area contributed by atoms with Gasteiger partial charge in [0.15, 0.2) is 0 Å². The van der Waals surface area contributed by atoms with Gasteiger partial charge in [0.1, 0.15) is 0 Å². The summed E-state index contributed by atoms with van der Waals surface area (Å²) in [7, 11) is -3.62. The molecule has 6 nitrogen and oxygen atoms in total. The first-order valence-electron chi connectivity index (χ1n) is 5.06. The van der Waals surface area contributed by atoms with Crippen molar-refractivity contribution in [1.29, 1.82) is 0 Å². The first kappa shape index (κ1) is 11.9. The van der Waals surface area contributed by atoms with Gasteiger partial charge in [0.2, 0.25) is 0 Å². The molecule has 1 atom stereocenters. The molecule has 2 rings (SSSR count).